The fourth-order valence-electron chi connectivity index (χ4n) is 3.33. The molecule has 2 aromatic carbocycles. The zero-order valence-corrected chi connectivity index (χ0v) is 16.5. The summed E-state index contributed by atoms with van der Waals surface area (Å²) < 4.78 is 12.4. The number of fused-ring (bicyclic) bond motifs is 1. The predicted octanol–water partition coefficient (Wildman–Crippen LogP) is 3.93. The van der Waals surface area contributed by atoms with Gasteiger partial charge in [0.05, 0.1) is 30.2 Å². The highest BCUT2D eigenvalue weighted by Crippen LogP contribution is 2.33. The molecule has 0 spiro atoms. The lowest BCUT2D eigenvalue weighted by molar-refractivity contribution is -0.142. The maximum atomic E-state index is 12.2. The van der Waals surface area contributed by atoms with Crippen molar-refractivity contribution < 1.29 is 29.3 Å². The molecule has 0 bridgehead atoms. The van der Waals surface area contributed by atoms with Crippen molar-refractivity contribution >= 4 is 22.8 Å². The maximum absolute atomic E-state index is 12.2. The first kappa shape index (κ1) is 20.3. The number of carbonyl (C=O) groups is 2. The molecule has 7 nitrogen and oxygen atoms in total. The van der Waals surface area contributed by atoms with E-state index in [0.29, 0.717) is 22.3 Å². The van der Waals surface area contributed by atoms with Gasteiger partial charge in [0.25, 0.3) is 0 Å². The van der Waals surface area contributed by atoms with Crippen molar-refractivity contribution in [1.82, 2.24) is 4.57 Å². The van der Waals surface area contributed by atoms with Crippen molar-refractivity contribution in [2.24, 2.45) is 0 Å². The number of aromatic carboxylic acids is 1. The first-order valence-electron chi connectivity index (χ1n) is 9.34. The van der Waals surface area contributed by atoms with Gasteiger partial charge < -0.3 is 24.3 Å². The van der Waals surface area contributed by atoms with Crippen molar-refractivity contribution in [3.8, 4) is 17.2 Å². The van der Waals surface area contributed by atoms with Crippen LogP contribution in [0.25, 0.3) is 16.6 Å². The summed E-state index contributed by atoms with van der Waals surface area (Å²) in [7, 11) is 0. The third kappa shape index (κ3) is 4.18. The van der Waals surface area contributed by atoms with Gasteiger partial charge >= 0.3 is 11.9 Å². The molecule has 152 valence electrons. The number of carboxylic acid groups (broad SMARTS) is 1. The van der Waals surface area contributed by atoms with E-state index in [9.17, 15) is 19.8 Å². The average molecular weight is 397 g/mol. The number of hydrogen-bond acceptors (Lipinski definition) is 5. The Balaban J connectivity index is 2.23. The van der Waals surface area contributed by atoms with E-state index in [1.54, 1.807) is 41.8 Å². The normalized spacial score (nSPS) is 11.0. The molecule has 0 aliphatic carbocycles. The second-order valence-electron chi connectivity index (χ2n) is 6.81. The molecular weight excluding hydrogens is 374 g/mol. The monoisotopic (exact) mass is 397 g/mol. The Hall–Kier alpha value is -3.48. The fourth-order valence-corrected chi connectivity index (χ4v) is 3.33. The maximum Gasteiger partial charge on any atom is 0.338 e. The van der Waals surface area contributed by atoms with Gasteiger partial charge in [-0.2, -0.15) is 0 Å². The van der Waals surface area contributed by atoms with Crippen LogP contribution in [0.1, 0.15) is 36.8 Å². The van der Waals surface area contributed by atoms with Crippen molar-refractivity contribution in [3.05, 3.63) is 53.7 Å². The number of carboxylic acids is 1. The lowest BCUT2D eigenvalue weighted by Crippen LogP contribution is -2.14. The summed E-state index contributed by atoms with van der Waals surface area (Å²) in [5.41, 5.74) is 1.49. The number of rotatable bonds is 7. The lowest BCUT2D eigenvalue weighted by atomic mass is 10.1. The molecule has 0 aliphatic heterocycles. The van der Waals surface area contributed by atoms with E-state index < -0.39 is 11.9 Å². The van der Waals surface area contributed by atoms with Crippen molar-refractivity contribution in [2.75, 3.05) is 6.61 Å². The SMILES string of the molecule is CCOC(=O)Cc1c(C(=O)O)c2cc(O)ccc2n1-c1ccc(OC(C)C)cc1. The van der Waals surface area contributed by atoms with Gasteiger partial charge in [-0.15, -0.1) is 0 Å². The van der Waals surface area contributed by atoms with E-state index in [1.165, 1.54) is 12.1 Å². The summed E-state index contributed by atoms with van der Waals surface area (Å²) in [6.07, 6.45) is -0.191. The third-order valence-electron chi connectivity index (χ3n) is 4.35. The van der Waals surface area contributed by atoms with Crippen molar-refractivity contribution in [1.29, 1.82) is 0 Å². The minimum Gasteiger partial charge on any atom is -0.508 e. The quantitative estimate of drug-likeness (QED) is 0.586. The second kappa shape index (κ2) is 8.26. The smallest absolute Gasteiger partial charge is 0.338 e. The van der Waals surface area contributed by atoms with Crippen molar-refractivity contribution in [3.63, 3.8) is 0 Å². The predicted molar refractivity (Wildman–Crippen MR) is 108 cm³/mol. The fraction of sp³-hybridized carbons (Fsp3) is 0.273. The van der Waals surface area contributed by atoms with Crippen LogP contribution < -0.4 is 4.74 Å². The second-order valence-corrected chi connectivity index (χ2v) is 6.81. The summed E-state index contributed by atoms with van der Waals surface area (Å²) in [6.45, 7) is 5.74. The molecule has 7 heteroatoms. The number of benzene rings is 2. The highest BCUT2D eigenvalue weighted by Gasteiger charge is 2.25. The number of phenolic OH excluding ortho intramolecular Hbond substituents is 1. The van der Waals surface area contributed by atoms with Crippen LogP contribution in [0.4, 0.5) is 0 Å². The Kier molecular flexibility index (Phi) is 5.77. The van der Waals surface area contributed by atoms with Gasteiger partial charge in [0.1, 0.15) is 11.5 Å². The molecule has 1 heterocycles. The van der Waals surface area contributed by atoms with E-state index >= 15 is 0 Å². The Morgan fingerprint density at radius 2 is 1.79 bits per heavy atom. The summed E-state index contributed by atoms with van der Waals surface area (Å²) >= 11 is 0. The van der Waals surface area contributed by atoms with Gasteiger partial charge in [-0.1, -0.05) is 0 Å². The average Bonchev–Trinajstić information content (AvgIpc) is 2.95. The molecular formula is C22H23NO6. The number of ether oxygens (including phenoxy) is 2. The van der Waals surface area contributed by atoms with Crippen LogP contribution in [-0.4, -0.2) is 39.4 Å². The van der Waals surface area contributed by atoms with Crippen LogP contribution in [0, 0.1) is 0 Å². The first-order chi connectivity index (χ1) is 13.8. The van der Waals surface area contributed by atoms with E-state index in [4.69, 9.17) is 9.47 Å². The van der Waals surface area contributed by atoms with E-state index in [0.717, 1.165) is 0 Å². The molecule has 0 radical (unpaired) electrons. The standard InChI is InChI=1S/C22H23NO6/c1-4-28-20(25)12-19-21(22(26)27)17-11-15(24)7-10-18(17)23(19)14-5-8-16(9-6-14)29-13(2)3/h5-11,13,24H,4,12H2,1-3H3,(H,26,27). The molecule has 2 N–H and O–H groups in total. The summed E-state index contributed by atoms with van der Waals surface area (Å²) in [6, 6.07) is 11.7. The van der Waals surface area contributed by atoms with Crippen LogP contribution in [0.15, 0.2) is 42.5 Å². The van der Waals surface area contributed by atoms with Gasteiger partial charge in [-0.05, 0) is 63.2 Å². The van der Waals surface area contributed by atoms with Crippen molar-refractivity contribution in [2.45, 2.75) is 33.3 Å². The molecule has 29 heavy (non-hydrogen) atoms. The van der Waals surface area contributed by atoms with Crippen LogP contribution in [-0.2, 0) is 16.0 Å². The molecule has 0 fully saturated rings. The third-order valence-corrected chi connectivity index (χ3v) is 4.35. The van der Waals surface area contributed by atoms with Gasteiger partial charge in [0, 0.05) is 16.8 Å². The molecule has 0 atom stereocenters. The Labute approximate surface area is 168 Å². The minimum absolute atomic E-state index is 0.0224. The molecule has 3 rings (SSSR count). The number of aromatic nitrogens is 1. The largest absolute Gasteiger partial charge is 0.508 e. The molecule has 0 unspecified atom stereocenters. The molecule has 0 saturated heterocycles. The summed E-state index contributed by atoms with van der Waals surface area (Å²) in [5.74, 6) is -1.08. The highest BCUT2D eigenvalue weighted by molar-refractivity contribution is 6.07. The molecule has 0 aliphatic rings. The molecule has 0 amide bonds. The highest BCUT2D eigenvalue weighted by atomic mass is 16.5. The zero-order valence-electron chi connectivity index (χ0n) is 16.5. The summed E-state index contributed by atoms with van der Waals surface area (Å²) in [5, 5.41) is 20.1. The molecule has 3 aromatic rings. The Morgan fingerprint density at radius 3 is 2.38 bits per heavy atom. The number of hydrogen-bond donors (Lipinski definition) is 2. The molecule has 0 saturated carbocycles. The number of carbonyl (C=O) groups excluding carboxylic acids is 1. The lowest BCUT2D eigenvalue weighted by Gasteiger charge is -2.14. The minimum atomic E-state index is -1.18. The topological polar surface area (TPSA) is 98.0 Å². The van der Waals surface area contributed by atoms with Gasteiger partial charge in [0.2, 0.25) is 0 Å². The zero-order chi connectivity index (χ0) is 21.1. The van der Waals surface area contributed by atoms with E-state index in [1.807, 2.05) is 13.8 Å². The number of nitrogens with zero attached hydrogens (tertiary/aromatic N) is 1. The van der Waals surface area contributed by atoms with Gasteiger partial charge in [0.15, 0.2) is 0 Å². The van der Waals surface area contributed by atoms with Gasteiger partial charge in [-0.3, -0.25) is 4.79 Å². The van der Waals surface area contributed by atoms with Crippen LogP contribution in [0.2, 0.25) is 0 Å². The Morgan fingerprint density at radius 1 is 1.10 bits per heavy atom. The number of aromatic hydroxyl groups is 1. The number of esters is 1. The van der Waals surface area contributed by atoms with Crippen LogP contribution in [0.5, 0.6) is 11.5 Å². The van der Waals surface area contributed by atoms with E-state index in [2.05, 4.69) is 0 Å². The van der Waals surface area contributed by atoms with Crippen LogP contribution in [0.3, 0.4) is 0 Å². The van der Waals surface area contributed by atoms with Gasteiger partial charge in [-0.25, -0.2) is 4.79 Å². The van der Waals surface area contributed by atoms with E-state index in [-0.39, 0.29) is 36.1 Å². The number of phenols is 1. The molecule has 1 aromatic heterocycles. The summed E-state index contributed by atoms with van der Waals surface area (Å²) in [4.78, 5) is 24.2. The van der Waals surface area contributed by atoms with Crippen LogP contribution >= 0.6 is 0 Å². The Bertz CT molecular complexity index is 1050. The first-order valence-corrected chi connectivity index (χ1v) is 9.34.